The second-order valence-electron chi connectivity index (χ2n) is 6.48. The Labute approximate surface area is 179 Å². The summed E-state index contributed by atoms with van der Waals surface area (Å²) in [5.41, 5.74) is 0.714. The first-order valence-corrected chi connectivity index (χ1v) is 10.8. The number of nitrogens with zero attached hydrogens (tertiary/aromatic N) is 1. The molecule has 2 N–H and O–H groups in total. The highest BCUT2D eigenvalue weighted by atomic mass is 32.2. The third-order valence-corrected chi connectivity index (χ3v) is 5.80. The Morgan fingerprint density at radius 2 is 1.68 bits per heavy atom. The first-order chi connectivity index (χ1) is 14.9. The molecule has 0 radical (unpaired) electrons. The van der Waals surface area contributed by atoms with Crippen LogP contribution in [0.2, 0.25) is 0 Å². The largest absolute Gasteiger partial charge is 0.452 e. The second-order valence-corrected chi connectivity index (χ2v) is 8.25. The Bertz CT molecular complexity index is 1240. The molecule has 3 aromatic carbocycles. The molecule has 0 aromatic heterocycles. The first-order valence-electron chi connectivity index (χ1n) is 9.32. The van der Waals surface area contributed by atoms with Crippen molar-refractivity contribution in [2.75, 3.05) is 18.5 Å². The highest BCUT2D eigenvalue weighted by molar-refractivity contribution is 7.89. The van der Waals surface area contributed by atoms with Crippen LogP contribution in [0, 0.1) is 11.3 Å². The van der Waals surface area contributed by atoms with Crippen LogP contribution in [0.15, 0.2) is 71.6 Å². The molecule has 9 heteroatoms. The lowest BCUT2D eigenvalue weighted by molar-refractivity contribution is -0.119. The Morgan fingerprint density at radius 1 is 0.968 bits per heavy atom. The molecule has 8 nitrogen and oxygen atoms in total. The molecule has 0 heterocycles. The zero-order valence-corrected chi connectivity index (χ0v) is 17.2. The lowest BCUT2D eigenvalue weighted by Gasteiger charge is -2.10. The van der Waals surface area contributed by atoms with Crippen molar-refractivity contribution in [2.24, 2.45) is 0 Å². The van der Waals surface area contributed by atoms with Crippen LogP contribution in [-0.2, 0) is 19.6 Å². The van der Waals surface area contributed by atoms with E-state index in [4.69, 9.17) is 10.00 Å². The number of hydrogen-bond acceptors (Lipinski definition) is 6. The van der Waals surface area contributed by atoms with Gasteiger partial charge in [-0.05, 0) is 35.7 Å². The van der Waals surface area contributed by atoms with Crippen molar-refractivity contribution in [3.05, 3.63) is 72.3 Å². The number of benzene rings is 3. The molecular formula is C22H19N3O5S. The maximum absolute atomic E-state index is 12.2. The van der Waals surface area contributed by atoms with Gasteiger partial charge in [-0.3, -0.25) is 4.79 Å². The molecule has 0 saturated heterocycles. The summed E-state index contributed by atoms with van der Waals surface area (Å²) in [5.74, 6) is -1.25. The normalized spacial score (nSPS) is 10.9. The summed E-state index contributed by atoms with van der Waals surface area (Å²) in [4.78, 5) is 24.3. The van der Waals surface area contributed by atoms with Crippen molar-refractivity contribution in [2.45, 2.75) is 11.3 Å². The fraction of sp³-hybridized carbons (Fsp3) is 0.136. The summed E-state index contributed by atoms with van der Waals surface area (Å²) < 4.78 is 31.5. The van der Waals surface area contributed by atoms with Crippen molar-refractivity contribution in [1.29, 1.82) is 5.26 Å². The van der Waals surface area contributed by atoms with Crippen molar-refractivity contribution < 1.29 is 22.7 Å². The minimum atomic E-state index is -3.77. The monoisotopic (exact) mass is 437 g/mol. The third-order valence-electron chi connectivity index (χ3n) is 4.33. The van der Waals surface area contributed by atoms with Crippen LogP contribution in [0.3, 0.4) is 0 Å². The quantitative estimate of drug-likeness (QED) is 0.412. The van der Waals surface area contributed by atoms with Gasteiger partial charge in [0, 0.05) is 24.0 Å². The molecule has 0 bridgehead atoms. The van der Waals surface area contributed by atoms with Gasteiger partial charge in [-0.15, -0.1) is 0 Å². The van der Waals surface area contributed by atoms with Gasteiger partial charge in [0.05, 0.1) is 16.5 Å². The highest BCUT2D eigenvalue weighted by Crippen LogP contribution is 2.22. The van der Waals surface area contributed by atoms with Gasteiger partial charge in [0.25, 0.3) is 5.91 Å². The molecular weight excluding hydrogens is 418 g/mol. The van der Waals surface area contributed by atoms with Crippen LogP contribution < -0.4 is 10.0 Å². The number of amides is 1. The molecule has 0 saturated carbocycles. The molecule has 0 aliphatic rings. The number of nitrogens with one attached hydrogen (secondary N) is 2. The van der Waals surface area contributed by atoms with Crippen LogP contribution in [0.25, 0.3) is 10.8 Å². The molecule has 158 valence electrons. The summed E-state index contributed by atoms with van der Waals surface area (Å²) in [6.07, 6.45) is 0.0461. The average molecular weight is 437 g/mol. The Hall–Kier alpha value is -3.74. The number of hydrogen-bond donors (Lipinski definition) is 2. The Morgan fingerprint density at radius 3 is 2.42 bits per heavy atom. The zero-order chi connectivity index (χ0) is 22.3. The van der Waals surface area contributed by atoms with Gasteiger partial charge in [0.15, 0.2) is 6.61 Å². The molecule has 0 aliphatic carbocycles. The fourth-order valence-corrected chi connectivity index (χ4v) is 3.86. The van der Waals surface area contributed by atoms with Crippen molar-refractivity contribution in [3.63, 3.8) is 0 Å². The topological polar surface area (TPSA) is 125 Å². The zero-order valence-electron chi connectivity index (χ0n) is 16.4. The average Bonchev–Trinajstić information content (AvgIpc) is 2.78. The molecule has 3 rings (SSSR count). The van der Waals surface area contributed by atoms with Crippen LogP contribution in [-0.4, -0.2) is 33.4 Å². The fourth-order valence-electron chi connectivity index (χ4n) is 2.83. The van der Waals surface area contributed by atoms with E-state index in [9.17, 15) is 18.0 Å². The van der Waals surface area contributed by atoms with Gasteiger partial charge < -0.3 is 10.1 Å². The Balaban J connectivity index is 1.58. The lowest BCUT2D eigenvalue weighted by atomic mass is 10.1. The second kappa shape index (κ2) is 9.84. The number of anilines is 1. The lowest BCUT2D eigenvalue weighted by Crippen LogP contribution is -2.24. The number of rotatable bonds is 8. The van der Waals surface area contributed by atoms with E-state index >= 15 is 0 Å². The maximum Gasteiger partial charge on any atom is 0.338 e. The van der Waals surface area contributed by atoms with E-state index in [-0.39, 0.29) is 23.4 Å². The van der Waals surface area contributed by atoms with Crippen LogP contribution in [0.4, 0.5) is 5.69 Å². The predicted octanol–water partition coefficient (Wildman–Crippen LogP) is 2.83. The summed E-state index contributed by atoms with van der Waals surface area (Å²) >= 11 is 0. The van der Waals surface area contributed by atoms with E-state index in [1.807, 2.05) is 42.5 Å². The van der Waals surface area contributed by atoms with Crippen molar-refractivity contribution in [1.82, 2.24) is 4.72 Å². The minimum absolute atomic E-state index is 0.00552. The number of nitriles is 1. The maximum atomic E-state index is 12.2. The van der Waals surface area contributed by atoms with Gasteiger partial charge in [-0.25, -0.2) is 17.9 Å². The van der Waals surface area contributed by atoms with Crippen molar-refractivity contribution >= 4 is 38.4 Å². The van der Waals surface area contributed by atoms with Crippen LogP contribution >= 0.6 is 0 Å². The summed E-state index contributed by atoms with van der Waals surface area (Å²) in [6, 6.07) is 20.0. The molecule has 31 heavy (non-hydrogen) atoms. The number of esters is 1. The van der Waals surface area contributed by atoms with Crippen LogP contribution in [0.1, 0.15) is 16.8 Å². The van der Waals surface area contributed by atoms with E-state index in [0.717, 1.165) is 10.8 Å². The van der Waals surface area contributed by atoms with Gasteiger partial charge in [-0.2, -0.15) is 5.26 Å². The van der Waals surface area contributed by atoms with Gasteiger partial charge in [0.2, 0.25) is 10.0 Å². The molecule has 0 fully saturated rings. The van der Waals surface area contributed by atoms with Gasteiger partial charge in [0.1, 0.15) is 0 Å². The molecule has 1 amide bonds. The number of carbonyl (C=O) groups is 2. The molecule has 3 aromatic rings. The summed E-state index contributed by atoms with van der Waals surface area (Å²) in [5, 5.41) is 13.0. The standard InChI is InChI=1S/C22H19N3O5S/c23-13-4-14-24-31(28,29)18-11-9-17(10-12-18)22(27)30-15-21(26)25-20-8-3-6-16-5-1-2-7-19(16)20/h1-3,5-12,24H,4,14-15H2,(H,25,26). The van der Waals surface area contributed by atoms with Gasteiger partial charge in [-0.1, -0.05) is 36.4 Å². The molecule has 0 unspecified atom stereocenters. The van der Waals surface area contributed by atoms with Gasteiger partial charge >= 0.3 is 5.97 Å². The minimum Gasteiger partial charge on any atom is -0.452 e. The van der Waals surface area contributed by atoms with E-state index in [0.29, 0.717) is 5.69 Å². The predicted molar refractivity (Wildman–Crippen MR) is 115 cm³/mol. The molecule has 0 aliphatic heterocycles. The molecule has 0 spiro atoms. The van der Waals surface area contributed by atoms with E-state index in [1.165, 1.54) is 24.3 Å². The Kier molecular flexibility index (Phi) is 6.97. The van der Waals surface area contributed by atoms with Crippen LogP contribution in [0.5, 0.6) is 0 Å². The number of sulfonamides is 1. The van der Waals surface area contributed by atoms with E-state index < -0.39 is 28.5 Å². The third kappa shape index (κ3) is 5.66. The summed E-state index contributed by atoms with van der Waals surface area (Å²) in [7, 11) is -3.77. The van der Waals surface area contributed by atoms with E-state index in [1.54, 1.807) is 6.07 Å². The number of ether oxygens (including phenoxy) is 1. The smallest absolute Gasteiger partial charge is 0.338 e. The molecule has 0 atom stereocenters. The number of fused-ring (bicyclic) bond motifs is 1. The highest BCUT2D eigenvalue weighted by Gasteiger charge is 2.16. The van der Waals surface area contributed by atoms with Crippen molar-refractivity contribution in [3.8, 4) is 6.07 Å². The SMILES string of the molecule is N#CCCNS(=O)(=O)c1ccc(C(=O)OCC(=O)Nc2cccc3ccccc23)cc1. The van der Waals surface area contributed by atoms with E-state index in [2.05, 4.69) is 10.0 Å². The number of carbonyl (C=O) groups excluding carboxylic acids is 2. The first kappa shape index (κ1) is 22.0. The summed E-state index contributed by atoms with van der Waals surface area (Å²) in [6.45, 7) is -0.494.